The summed E-state index contributed by atoms with van der Waals surface area (Å²) >= 11 is 5.99. The van der Waals surface area contributed by atoms with E-state index < -0.39 is 21.9 Å². The summed E-state index contributed by atoms with van der Waals surface area (Å²) in [5.41, 5.74) is 1.15. The van der Waals surface area contributed by atoms with Crippen molar-refractivity contribution in [2.75, 3.05) is 30.9 Å². The lowest BCUT2D eigenvalue weighted by Crippen LogP contribution is -2.26. The van der Waals surface area contributed by atoms with E-state index in [1.165, 1.54) is 69.8 Å². The van der Waals surface area contributed by atoms with Gasteiger partial charge in [0, 0.05) is 18.3 Å². The average Bonchev–Trinajstić information content (AvgIpc) is 2.84. The van der Waals surface area contributed by atoms with Crippen molar-refractivity contribution in [1.82, 2.24) is 0 Å². The van der Waals surface area contributed by atoms with Crippen LogP contribution in [0, 0.1) is 0 Å². The summed E-state index contributed by atoms with van der Waals surface area (Å²) in [7, 11) is 0.362. The molecule has 1 amide bonds. The molecule has 0 atom stereocenters. The van der Waals surface area contributed by atoms with Crippen LogP contribution in [0.4, 0.5) is 11.4 Å². The molecule has 0 aliphatic carbocycles. The number of sulfonamides is 1. The molecule has 0 spiro atoms. The third-order valence-electron chi connectivity index (χ3n) is 4.84. The van der Waals surface area contributed by atoms with E-state index in [2.05, 4.69) is 10.1 Å². The molecule has 10 heteroatoms. The Hall–Kier alpha value is -3.56. The molecule has 0 aliphatic heterocycles. The first-order valence-electron chi connectivity index (χ1n) is 9.59. The number of anilines is 2. The van der Waals surface area contributed by atoms with Crippen LogP contribution in [0.15, 0.2) is 71.6 Å². The maximum atomic E-state index is 12.9. The third kappa shape index (κ3) is 5.27. The number of benzene rings is 3. The molecule has 0 aromatic heterocycles. The molecule has 0 saturated carbocycles. The molecule has 0 aliphatic rings. The summed E-state index contributed by atoms with van der Waals surface area (Å²) in [6, 6.07) is 16.5. The normalized spacial score (nSPS) is 10.9. The SMILES string of the molecule is COC(=O)c1cc(NC(=O)c2ccc(N(C)S(=O)(=O)c3ccc(OC)cc3)cc2)ccc1Cl. The van der Waals surface area contributed by atoms with Crippen molar-refractivity contribution >= 4 is 44.9 Å². The fourth-order valence-corrected chi connectivity index (χ4v) is 4.33. The van der Waals surface area contributed by atoms with Crippen molar-refractivity contribution in [1.29, 1.82) is 0 Å². The van der Waals surface area contributed by atoms with Gasteiger partial charge in [-0.1, -0.05) is 11.6 Å². The highest BCUT2D eigenvalue weighted by atomic mass is 35.5. The Kier molecular flexibility index (Phi) is 7.25. The van der Waals surface area contributed by atoms with E-state index >= 15 is 0 Å². The van der Waals surface area contributed by atoms with Crippen LogP contribution in [0.25, 0.3) is 0 Å². The van der Waals surface area contributed by atoms with Crippen LogP contribution in [0.2, 0.25) is 5.02 Å². The number of hydrogen-bond donors (Lipinski definition) is 1. The molecule has 0 saturated heterocycles. The number of esters is 1. The van der Waals surface area contributed by atoms with E-state index in [-0.39, 0.29) is 15.5 Å². The van der Waals surface area contributed by atoms with Crippen LogP contribution in [-0.2, 0) is 14.8 Å². The number of rotatable bonds is 7. The van der Waals surface area contributed by atoms with Crippen molar-refractivity contribution in [3.8, 4) is 5.75 Å². The molecule has 0 fully saturated rings. The molecular weight excluding hydrogens is 468 g/mol. The molecule has 172 valence electrons. The van der Waals surface area contributed by atoms with Gasteiger partial charge < -0.3 is 14.8 Å². The Morgan fingerprint density at radius 2 is 1.58 bits per heavy atom. The van der Waals surface area contributed by atoms with Crippen LogP contribution in [0.5, 0.6) is 5.75 Å². The van der Waals surface area contributed by atoms with Gasteiger partial charge >= 0.3 is 5.97 Å². The molecule has 0 radical (unpaired) electrons. The van der Waals surface area contributed by atoms with E-state index in [9.17, 15) is 18.0 Å². The highest BCUT2D eigenvalue weighted by Crippen LogP contribution is 2.25. The van der Waals surface area contributed by atoms with Gasteiger partial charge in [0.05, 0.1) is 35.4 Å². The van der Waals surface area contributed by atoms with Crippen LogP contribution < -0.4 is 14.4 Å². The molecule has 3 aromatic carbocycles. The molecule has 1 N–H and O–H groups in total. The lowest BCUT2D eigenvalue weighted by atomic mass is 10.1. The van der Waals surface area contributed by atoms with Crippen LogP contribution in [0.1, 0.15) is 20.7 Å². The largest absolute Gasteiger partial charge is 0.497 e. The number of methoxy groups -OCH3 is 2. The summed E-state index contributed by atoms with van der Waals surface area (Å²) in [5, 5.41) is 2.87. The number of amides is 1. The van der Waals surface area contributed by atoms with E-state index in [1.807, 2.05) is 0 Å². The smallest absolute Gasteiger partial charge is 0.339 e. The predicted molar refractivity (Wildman–Crippen MR) is 126 cm³/mol. The second kappa shape index (κ2) is 9.93. The lowest BCUT2D eigenvalue weighted by molar-refractivity contribution is 0.0600. The zero-order valence-corrected chi connectivity index (χ0v) is 19.6. The maximum Gasteiger partial charge on any atom is 0.339 e. The molecule has 0 heterocycles. The van der Waals surface area contributed by atoms with Gasteiger partial charge in [-0.05, 0) is 66.7 Å². The summed E-state index contributed by atoms with van der Waals surface area (Å²) in [6.45, 7) is 0. The Bertz CT molecular complexity index is 1280. The fraction of sp³-hybridized carbons (Fsp3) is 0.130. The Morgan fingerprint density at radius 3 is 2.15 bits per heavy atom. The third-order valence-corrected chi connectivity index (χ3v) is 6.97. The number of halogens is 1. The molecule has 0 unspecified atom stereocenters. The number of carbonyl (C=O) groups excluding carboxylic acids is 2. The Labute approximate surface area is 196 Å². The minimum absolute atomic E-state index is 0.108. The fourth-order valence-electron chi connectivity index (χ4n) is 2.94. The quantitative estimate of drug-likeness (QED) is 0.500. The molecule has 8 nitrogen and oxygen atoms in total. The number of nitrogens with one attached hydrogen (secondary N) is 1. The summed E-state index contributed by atoms with van der Waals surface area (Å²) in [6.07, 6.45) is 0. The second-order valence-electron chi connectivity index (χ2n) is 6.84. The Morgan fingerprint density at radius 1 is 0.939 bits per heavy atom. The average molecular weight is 489 g/mol. The van der Waals surface area contributed by atoms with Crippen molar-refractivity contribution in [3.63, 3.8) is 0 Å². The summed E-state index contributed by atoms with van der Waals surface area (Å²) in [4.78, 5) is 24.5. The van der Waals surface area contributed by atoms with Crippen LogP contribution in [-0.4, -0.2) is 41.6 Å². The number of nitrogens with zero attached hydrogens (tertiary/aromatic N) is 1. The van der Waals surface area contributed by atoms with Crippen LogP contribution in [0.3, 0.4) is 0 Å². The first kappa shape index (κ1) is 24.1. The number of hydrogen-bond acceptors (Lipinski definition) is 6. The number of carbonyl (C=O) groups is 2. The zero-order chi connectivity index (χ0) is 24.2. The van der Waals surface area contributed by atoms with Gasteiger partial charge in [0.15, 0.2) is 0 Å². The molecule has 0 bridgehead atoms. The topological polar surface area (TPSA) is 102 Å². The van der Waals surface area contributed by atoms with Gasteiger partial charge in [-0.25, -0.2) is 13.2 Å². The van der Waals surface area contributed by atoms with Gasteiger partial charge in [0.2, 0.25) is 0 Å². The van der Waals surface area contributed by atoms with Crippen molar-refractivity contribution in [2.45, 2.75) is 4.90 Å². The van der Waals surface area contributed by atoms with E-state index in [0.29, 0.717) is 22.7 Å². The minimum atomic E-state index is -3.80. The zero-order valence-electron chi connectivity index (χ0n) is 18.0. The van der Waals surface area contributed by atoms with Crippen LogP contribution >= 0.6 is 11.6 Å². The van der Waals surface area contributed by atoms with E-state index in [1.54, 1.807) is 18.2 Å². The first-order chi connectivity index (χ1) is 15.7. The van der Waals surface area contributed by atoms with Gasteiger partial charge in [0.1, 0.15) is 5.75 Å². The highest BCUT2D eigenvalue weighted by Gasteiger charge is 2.22. The standard InChI is InChI=1S/C23H21ClN2O6S/c1-26(33(29,30)19-11-9-18(31-2)10-12-19)17-7-4-15(5-8-17)22(27)25-16-6-13-21(24)20(14-16)23(28)32-3/h4-14H,1-3H3,(H,25,27). The lowest BCUT2D eigenvalue weighted by Gasteiger charge is -2.20. The Balaban J connectivity index is 1.76. The van der Waals surface area contributed by atoms with E-state index in [0.717, 1.165) is 4.31 Å². The van der Waals surface area contributed by atoms with Crippen molar-refractivity contribution in [3.05, 3.63) is 82.9 Å². The molecular formula is C23H21ClN2O6S. The molecule has 3 aromatic rings. The van der Waals surface area contributed by atoms with Gasteiger partial charge in [0.25, 0.3) is 15.9 Å². The van der Waals surface area contributed by atoms with Crippen molar-refractivity contribution in [2.24, 2.45) is 0 Å². The predicted octanol–water partition coefficient (Wildman–Crippen LogP) is 4.21. The minimum Gasteiger partial charge on any atom is -0.497 e. The molecule has 33 heavy (non-hydrogen) atoms. The van der Waals surface area contributed by atoms with Gasteiger partial charge in [-0.3, -0.25) is 9.10 Å². The second-order valence-corrected chi connectivity index (χ2v) is 9.21. The highest BCUT2D eigenvalue weighted by molar-refractivity contribution is 7.92. The molecule has 3 rings (SSSR count). The number of ether oxygens (including phenoxy) is 2. The maximum absolute atomic E-state index is 12.9. The van der Waals surface area contributed by atoms with E-state index in [4.69, 9.17) is 16.3 Å². The first-order valence-corrected chi connectivity index (χ1v) is 11.4. The van der Waals surface area contributed by atoms with Gasteiger partial charge in [-0.15, -0.1) is 0 Å². The summed E-state index contributed by atoms with van der Waals surface area (Å²) < 4.78 is 36.6. The van der Waals surface area contributed by atoms with Gasteiger partial charge in [-0.2, -0.15) is 0 Å². The van der Waals surface area contributed by atoms with Crippen molar-refractivity contribution < 1.29 is 27.5 Å². The summed E-state index contributed by atoms with van der Waals surface area (Å²) in [5.74, 6) is -0.520. The monoisotopic (exact) mass is 488 g/mol.